The molecule has 1 aromatic carbocycles. The van der Waals surface area contributed by atoms with Gasteiger partial charge in [-0.2, -0.15) is 0 Å². The van der Waals surface area contributed by atoms with Gasteiger partial charge in [0.15, 0.2) is 0 Å². The zero-order valence-electron chi connectivity index (χ0n) is 11.5. The van der Waals surface area contributed by atoms with Crippen molar-refractivity contribution in [3.63, 3.8) is 0 Å². The number of nitrogens with one attached hydrogen (secondary N) is 1. The quantitative estimate of drug-likeness (QED) is 0.911. The molecule has 0 unspecified atom stereocenters. The molecule has 0 bridgehead atoms. The maximum Gasteiger partial charge on any atom is 0.131 e. The molecule has 2 rings (SSSR count). The summed E-state index contributed by atoms with van der Waals surface area (Å²) in [6.07, 6.45) is 0.770. The monoisotopic (exact) mass is 259 g/mol. The molecule has 1 aromatic heterocycles. The maximum absolute atomic E-state index is 13.3. The smallest absolute Gasteiger partial charge is 0.131 e. The molecule has 0 aliphatic heterocycles. The van der Waals surface area contributed by atoms with Crippen molar-refractivity contribution in [2.45, 2.75) is 27.2 Å². The van der Waals surface area contributed by atoms with Crippen molar-refractivity contribution < 1.29 is 4.39 Å². The zero-order chi connectivity index (χ0) is 13.8. The Morgan fingerprint density at radius 2 is 1.95 bits per heavy atom. The van der Waals surface area contributed by atoms with Crippen LogP contribution in [0.4, 0.5) is 10.2 Å². The van der Waals surface area contributed by atoms with Crippen LogP contribution in [0, 0.1) is 12.7 Å². The highest BCUT2D eigenvalue weighted by Crippen LogP contribution is 2.22. The van der Waals surface area contributed by atoms with Crippen molar-refractivity contribution in [1.82, 2.24) is 9.97 Å². The minimum Gasteiger partial charge on any atom is -0.370 e. The summed E-state index contributed by atoms with van der Waals surface area (Å²) in [5, 5.41) is 3.19. The third kappa shape index (κ3) is 3.08. The van der Waals surface area contributed by atoms with E-state index in [1.807, 2.05) is 26.0 Å². The van der Waals surface area contributed by atoms with Gasteiger partial charge in [-0.05, 0) is 37.6 Å². The molecule has 2 aromatic rings. The predicted octanol–water partition coefficient (Wildman–Crippen LogP) is 3.59. The van der Waals surface area contributed by atoms with E-state index in [2.05, 4.69) is 15.3 Å². The van der Waals surface area contributed by atoms with Crippen LogP contribution in [-0.4, -0.2) is 16.5 Å². The van der Waals surface area contributed by atoms with Gasteiger partial charge in [-0.1, -0.05) is 6.92 Å². The molecule has 4 heteroatoms. The summed E-state index contributed by atoms with van der Waals surface area (Å²) < 4.78 is 13.3. The van der Waals surface area contributed by atoms with Crippen molar-refractivity contribution in [3.05, 3.63) is 41.5 Å². The van der Waals surface area contributed by atoms with Crippen LogP contribution >= 0.6 is 0 Å². The molecule has 0 fully saturated rings. The van der Waals surface area contributed by atoms with E-state index < -0.39 is 0 Å². The van der Waals surface area contributed by atoms with Crippen molar-refractivity contribution in [2.75, 3.05) is 11.9 Å². The molecule has 0 amide bonds. The Morgan fingerprint density at radius 1 is 1.16 bits per heavy atom. The van der Waals surface area contributed by atoms with Gasteiger partial charge >= 0.3 is 0 Å². The average molecular weight is 259 g/mol. The Hall–Kier alpha value is -1.97. The highest BCUT2D eigenvalue weighted by Gasteiger charge is 2.07. The normalized spacial score (nSPS) is 10.5. The second-order valence-electron chi connectivity index (χ2n) is 4.40. The minimum absolute atomic E-state index is 0.194. The van der Waals surface area contributed by atoms with Crippen LogP contribution in [0.5, 0.6) is 0 Å². The molecular formula is C15H18FN3. The zero-order valence-corrected chi connectivity index (χ0v) is 11.5. The van der Waals surface area contributed by atoms with Crippen molar-refractivity contribution >= 4 is 5.82 Å². The Labute approximate surface area is 112 Å². The van der Waals surface area contributed by atoms with Gasteiger partial charge in [-0.25, -0.2) is 14.4 Å². The molecule has 3 nitrogen and oxygen atoms in total. The summed E-state index contributed by atoms with van der Waals surface area (Å²) in [5.41, 5.74) is 2.36. The SMILES string of the molecule is CCNc1cc(-c2ccc(F)c(C)c2)nc(CC)n1. The first kappa shape index (κ1) is 13.5. The molecule has 0 saturated heterocycles. The number of hydrogen-bond donors (Lipinski definition) is 1. The number of hydrogen-bond acceptors (Lipinski definition) is 3. The number of benzene rings is 1. The fraction of sp³-hybridized carbons (Fsp3) is 0.333. The maximum atomic E-state index is 13.3. The number of halogens is 1. The van der Waals surface area contributed by atoms with Crippen molar-refractivity contribution in [2.24, 2.45) is 0 Å². The van der Waals surface area contributed by atoms with E-state index in [9.17, 15) is 4.39 Å². The van der Waals surface area contributed by atoms with E-state index in [1.165, 1.54) is 6.07 Å². The van der Waals surface area contributed by atoms with Crippen LogP contribution in [-0.2, 0) is 6.42 Å². The van der Waals surface area contributed by atoms with Crippen molar-refractivity contribution in [3.8, 4) is 11.3 Å². The van der Waals surface area contributed by atoms with Gasteiger partial charge in [-0.3, -0.25) is 0 Å². The Bertz CT molecular complexity index is 582. The van der Waals surface area contributed by atoms with Gasteiger partial charge in [0.25, 0.3) is 0 Å². The van der Waals surface area contributed by atoms with Gasteiger partial charge in [0, 0.05) is 24.6 Å². The summed E-state index contributed by atoms with van der Waals surface area (Å²) in [7, 11) is 0. The molecule has 0 aliphatic rings. The molecule has 0 spiro atoms. The highest BCUT2D eigenvalue weighted by atomic mass is 19.1. The number of aromatic nitrogens is 2. The van der Waals surface area contributed by atoms with E-state index in [0.717, 1.165) is 35.9 Å². The van der Waals surface area contributed by atoms with Crippen molar-refractivity contribution in [1.29, 1.82) is 0 Å². The number of anilines is 1. The summed E-state index contributed by atoms with van der Waals surface area (Å²) >= 11 is 0. The lowest BCUT2D eigenvalue weighted by Crippen LogP contribution is -2.04. The minimum atomic E-state index is -0.194. The molecule has 0 radical (unpaired) electrons. The number of aryl methyl sites for hydroxylation is 2. The van der Waals surface area contributed by atoms with Gasteiger partial charge in [0.2, 0.25) is 0 Å². The number of rotatable bonds is 4. The van der Waals surface area contributed by atoms with E-state index in [0.29, 0.717) is 5.56 Å². The standard InChI is InChI=1S/C15H18FN3/c1-4-14-18-13(9-15(19-14)17-5-2)11-6-7-12(16)10(3)8-11/h6-9H,4-5H2,1-3H3,(H,17,18,19). The van der Waals surface area contributed by atoms with E-state index in [4.69, 9.17) is 0 Å². The van der Waals surface area contributed by atoms with Crippen LogP contribution in [0.1, 0.15) is 25.2 Å². The van der Waals surface area contributed by atoms with E-state index >= 15 is 0 Å². The molecule has 0 atom stereocenters. The molecular weight excluding hydrogens is 241 g/mol. The predicted molar refractivity (Wildman–Crippen MR) is 75.7 cm³/mol. The molecule has 19 heavy (non-hydrogen) atoms. The molecule has 0 saturated carbocycles. The first-order valence-electron chi connectivity index (χ1n) is 6.52. The summed E-state index contributed by atoms with van der Waals surface area (Å²) in [5.74, 6) is 1.40. The first-order valence-corrected chi connectivity index (χ1v) is 6.52. The van der Waals surface area contributed by atoms with E-state index in [1.54, 1.807) is 13.0 Å². The largest absolute Gasteiger partial charge is 0.370 e. The second kappa shape index (κ2) is 5.78. The topological polar surface area (TPSA) is 37.8 Å². The highest BCUT2D eigenvalue weighted by molar-refractivity contribution is 5.63. The van der Waals surface area contributed by atoms with Crippen LogP contribution in [0.25, 0.3) is 11.3 Å². The lowest BCUT2D eigenvalue weighted by molar-refractivity contribution is 0.619. The third-order valence-corrected chi connectivity index (χ3v) is 2.90. The van der Waals surface area contributed by atoms with Gasteiger partial charge in [0.1, 0.15) is 17.5 Å². The summed E-state index contributed by atoms with van der Waals surface area (Å²) in [6.45, 7) is 6.61. The van der Waals surface area contributed by atoms with Gasteiger partial charge < -0.3 is 5.32 Å². The Kier molecular flexibility index (Phi) is 4.10. The van der Waals surface area contributed by atoms with Crippen LogP contribution in [0.3, 0.4) is 0 Å². The second-order valence-corrected chi connectivity index (χ2v) is 4.40. The average Bonchev–Trinajstić information content (AvgIpc) is 2.42. The van der Waals surface area contributed by atoms with Gasteiger partial charge in [0.05, 0.1) is 5.69 Å². The first-order chi connectivity index (χ1) is 9.13. The fourth-order valence-corrected chi connectivity index (χ4v) is 1.88. The summed E-state index contributed by atoms with van der Waals surface area (Å²) in [4.78, 5) is 8.91. The van der Waals surface area contributed by atoms with E-state index in [-0.39, 0.29) is 5.82 Å². The lowest BCUT2D eigenvalue weighted by Gasteiger charge is -2.09. The third-order valence-electron chi connectivity index (χ3n) is 2.90. The van der Waals surface area contributed by atoms with Gasteiger partial charge in [-0.15, -0.1) is 0 Å². The van der Waals surface area contributed by atoms with Crippen LogP contribution in [0.15, 0.2) is 24.3 Å². The Balaban J connectivity index is 2.47. The van der Waals surface area contributed by atoms with Crippen LogP contribution < -0.4 is 5.32 Å². The van der Waals surface area contributed by atoms with Crippen LogP contribution in [0.2, 0.25) is 0 Å². The Morgan fingerprint density at radius 3 is 2.58 bits per heavy atom. The lowest BCUT2D eigenvalue weighted by atomic mass is 10.1. The molecule has 1 N–H and O–H groups in total. The fourth-order valence-electron chi connectivity index (χ4n) is 1.88. The number of nitrogens with zero attached hydrogens (tertiary/aromatic N) is 2. The summed E-state index contributed by atoms with van der Waals surface area (Å²) in [6, 6.07) is 6.94. The molecule has 100 valence electrons. The molecule has 1 heterocycles. The molecule has 0 aliphatic carbocycles.